The van der Waals surface area contributed by atoms with Crippen molar-refractivity contribution < 1.29 is 9.59 Å². The highest BCUT2D eigenvalue weighted by Gasteiger charge is 2.20. The maximum Gasteiger partial charge on any atom is 0.253 e. The lowest BCUT2D eigenvalue weighted by atomic mass is 10.1. The van der Waals surface area contributed by atoms with E-state index >= 15 is 0 Å². The van der Waals surface area contributed by atoms with E-state index in [0.29, 0.717) is 17.8 Å². The number of rotatable bonds is 7. The first kappa shape index (κ1) is 23.9. The first-order valence-corrected chi connectivity index (χ1v) is 12.5. The molecule has 0 aliphatic carbocycles. The molecule has 1 aliphatic rings. The molecule has 0 spiro atoms. The molecule has 7 nitrogen and oxygen atoms in total. The summed E-state index contributed by atoms with van der Waals surface area (Å²) < 4.78 is 0. The molecular formula is C26H31N5O2S. The van der Waals surface area contributed by atoms with Crippen LogP contribution in [0.25, 0.3) is 0 Å². The van der Waals surface area contributed by atoms with E-state index in [1.807, 2.05) is 56.3 Å². The standard InChI is InChI=1S/C26H31N5O2S/c1-19-18-34-26(27-19)31-14-8-13-30(15-16-31)17-24(32)29-23-12-7-6-11-22(23)25(33)28-20(2)21-9-4-3-5-10-21/h3-7,9-12,18,20H,8,13-17H2,1-2H3,(H,28,33)(H,29,32). The number of anilines is 2. The van der Waals surface area contributed by atoms with Crippen molar-refractivity contribution >= 4 is 34.0 Å². The predicted molar refractivity (Wildman–Crippen MR) is 138 cm³/mol. The summed E-state index contributed by atoms with van der Waals surface area (Å²) in [5.74, 6) is -0.327. The molecule has 2 aromatic carbocycles. The Morgan fingerprint density at radius 3 is 2.56 bits per heavy atom. The molecule has 1 aromatic heterocycles. The van der Waals surface area contributed by atoms with Gasteiger partial charge in [-0.15, -0.1) is 11.3 Å². The molecule has 34 heavy (non-hydrogen) atoms. The van der Waals surface area contributed by atoms with Crippen molar-refractivity contribution in [2.45, 2.75) is 26.3 Å². The highest BCUT2D eigenvalue weighted by Crippen LogP contribution is 2.22. The Kier molecular flexibility index (Phi) is 7.92. The lowest BCUT2D eigenvalue weighted by Gasteiger charge is -2.21. The van der Waals surface area contributed by atoms with Crippen molar-refractivity contribution in [2.75, 3.05) is 42.9 Å². The summed E-state index contributed by atoms with van der Waals surface area (Å²) in [6.07, 6.45) is 0.974. The number of nitrogens with one attached hydrogen (secondary N) is 2. The highest BCUT2D eigenvalue weighted by molar-refractivity contribution is 7.13. The Morgan fingerprint density at radius 1 is 1.03 bits per heavy atom. The zero-order chi connectivity index (χ0) is 23.9. The number of thiazole rings is 1. The fourth-order valence-electron chi connectivity index (χ4n) is 4.09. The zero-order valence-corrected chi connectivity index (χ0v) is 20.5. The molecule has 2 N–H and O–H groups in total. The first-order chi connectivity index (χ1) is 16.5. The Balaban J connectivity index is 1.34. The van der Waals surface area contributed by atoms with Gasteiger partial charge in [-0.3, -0.25) is 14.5 Å². The van der Waals surface area contributed by atoms with Crippen molar-refractivity contribution in [3.8, 4) is 0 Å². The molecule has 1 atom stereocenters. The maximum absolute atomic E-state index is 13.0. The number of carbonyl (C=O) groups is 2. The van der Waals surface area contributed by atoms with Crippen LogP contribution in [0, 0.1) is 6.92 Å². The number of benzene rings is 2. The van der Waals surface area contributed by atoms with Crippen LogP contribution in [0.2, 0.25) is 0 Å². The monoisotopic (exact) mass is 477 g/mol. The van der Waals surface area contributed by atoms with Crippen LogP contribution in [0.1, 0.15) is 41.0 Å². The van der Waals surface area contributed by atoms with E-state index in [1.54, 1.807) is 23.5 Å². The van der Waals surface area contributed by atoms with Crippen LogP contribution in [0.5, 0.6) is 0 Å². The lowest BCUT2D eigenvalue weighted by molar-refractivity contribution is -0.117. The minimum absolute atomic E-state index is 0.116. The van der Waals surface area contributed by atoms with Crippen molar-refractivity contribution in [3.63, 3.8) is 0 Å². The molecule has 4 rings (SSSR count). The maximum atomic E-state index is 13.0. The number of hydrogen-bond acceptors (Lipinski definition) is 6. The van der Waals surface area contributed by atoms with Gasteiger partial charge in [-0.05, 0) is 38.0 Å². The molecule has 1 unspecified atom stereocenters. The van der Waals surface area contributed by atoms with Gasteiger partial charge in [0.25, 0.3) is 5.91 Å². The number of amides is 2. The highest BCUT2D eigenvalue weighted by atomic mass is 32.1. The Morgan fingerprint density at radius 2 is 1.79 bits per heavy atom. The van der Waals surface area contributed by atoms with E-state index < -0.39 is 0 Å². The Labute approximate surface area is 204 Å². The second kappa shape index (κ2) is 11.3. The van der Waals surface area contributed by atoms with Gasteiger partial charge < -0.3 is 15.5 Å². The van der Waals surface area contributed by atoms with Crippen molar-refractivity contribution in [1.29, 1.82) is 0 Å². The molecular weight excluding hydrogens is 446 g/mol. The number of hydrogen-bond donors (Lipinski definition) is 2. The van der Waals surface area contributed by atoms with Gasteiger partial charge in [-0.1, -0.05) is 42.5 Å². The minimum Gasteiger partial charge on any atom is -0.347 e. The fourth-order valence-corrected chi connectivity index (χ4v) is 4.95. The van der Waals surface area contributed by atoms with Crippen LogP contribution < -0.4 is 15.5 Å². The van der Waals surface area contributed by atoms with Crippen LogP contribution in [-0.2, 0) is 4.79 Å². The van der Waals surface area contributed by atoms with Crippen molar-refractivity contribution in [1.82, 2.24) is 15.2 Å². The van der Waals surface area contributed by atoms with Crippen molar-refractivity contribution in [3.05, 3.63) is 76.8 Å². The third kappa shape index (κ3) is 6.21. The van der Waals surface area contributed by atoms with Crippen LogP contribution in [0.4, 0.5) is 10.8 Å². The van der Waals surface area contributed by atoms with Gasteiger partial charge in [0.2, 0.25) is 5.91 Å². The van der Waals surface area contributed by atoms with Gasteiger partial charge in [0.1, 0.15) is 0 Å². The van der Waals surface area contributed by atoms with Crippen LogP contribution in [0.15, 0.2) is 60.0 Å². The summed E-state index contributed by atoms with van der Waals surface area (Å²) in [7, 11) is 0. The second-order valence-corrected chi connectivity index (χ2v) is 9.42. The van der Waals surface area contributed by atoms with Crippen LogP contribution in [0.3, 0.4) is 0 Å². The van der Waals surface area contributed by atoms with E-state index in [9.17, 15) is 9.59 Å². The Bertz CT molecular complexity index is 1120. The van der Waals surface area contributed by atoms with E-state index in [0.717, 1.165) is 49.0 Å². The summed E-state index contributed by atoms with van der Waals surface area (Å²) in [6.45, 7) is 7.68. The fraction of sp³-hybridized carbons (Fsp3) is 0.346. The van der Waals surface area contributed by atoms with E-state index in [-0.39, 0.29) is 17.9 Å². The summed E-state index contributed by atoms with van der Waals surface area (Å²) in [5.41, 5.74) is 3.06. The van der Waals surface area contributed by atoms with Gasteiger partial charge in [0.05, 0.1) is 29.5 Å². The van der Waals surface area contributed by atoms with E-state index in [4.69, 9.17) is 0 Å². The summed E-state index contributed by atoms with van der Waals surface area (Å²) >= 11 is 1.67. The zero-order valence-electron chi connectivity index (χ0n) is 19.7. The number of aryl methyl sites for hydroxylation is 1. The third-order valence-electron chi connectivity index (χ3n) is 5.93. The molecule has 0 bridgehead atoms. The molecule has 1 fully saturated rings. The molecule has 2 heterocycles. The topological polar surface area (TPSA) is 77.6 Å². The first-order valence-electron chi connectivity index (χ1n) is 11.6. The quantitative estimate of drug-likeness (QED) is 0.536. The van der Waals surface area contributed by atoms with Crippen molar-refractivity contribution in [2.24, 2.45) is 0 Å². The minimum atomic E-state index is -0.212. The summed E-state index contributed by atoms with van der Waals surface area (Å²) in [6, 6.07) is 16.8. The third-order valence-corrected chi connectivity index (χ3v) is 6.95. The molecule has 1 saturated heterocycles. The number of para-hydroxylation sites is 1. The average Bonchev–Trinajstić information content (AvgIpc) is 3.14. The molecule has 0 saturated carbocycles. The Hall–Kier alpha value is -3.23. The number of aromatic nitrogens is 1. The van der Waals surface area contributed by atoms with E-state index in [2.05, 4.69) is 30.8 Å². The average molecular weight is 478 g/mol. The van der Waals surface area contributed by atoms with Gasteiger partial charge >= 0.3 is 0 Å². The van der Waals surface area contributed by atoms with Crippen LogP contribution >= 0.6 is 11.3 Å². The van der Waals surface area contributed by atoms with Gasteiger partial charge in [0, 0.05) is 31.6 Å². The lowest BCUT2D eigenvalue weighted by Crippen LogP contribution is -2.36. The molecule has 3 aromatic rings. The second-order valence-electron chi connectivity index (χ2n) is 8.59. The molecule has 178 valence electrons. The number of nitrogens with zero attached hydrogens (tertiary/aromatic N) is 3. The normalized spacial score (nSPS) is 15.4. The molecule has 0 radical (unpaired) electrons. The smallest absolute Gasteiger partial charge is 0.253 e. The predicted octanol–water partition coefficient (Wildman–Crippen LogP) is 4.09. The number of carbonyl (C=O) groups excluding carboxylic acids is 2. The molecule has 1 aliphatic heterocycles. The SMILES string of the molecule is Cc1csc(N2CCCN(CC(=O)Nc3ccccc3C(=O)NC(C)c3ccccc3)CC2)n1. The van der Waals surface area contributed by atoms with E-state index in [1.165, 1.54) is 0 Å². The summed E-state index contributed by atoms with van der Waals surface area (Å²) in [4.78, 5) is 34.9. The van der Waals surface area contributed by atoms with Gasteiger partial charge in [-0.2, -0.15) is 0 Å². The molecule has 8 heteroatoms. The molecule has 2 amide bonds. The summed E-state index contributed by atoms with van der Waals surface area (Å²) in [5, 5.41) is 9.10. The van der Waals surface area contributed by atoms with Gasteiger partial charge in [0.15, 0.2) is 5.13 Å². The van der Waals surface area contributed by atoms with Gasteiger partial charge in [-0.25, -0.2) is 4.98 Å². The largest absolute Gasteiger partial charge is 0.347 e. The van der Waals surface area contributed by atoms with Crippen LogP contribution in [-0.4, -0.2) is 54.4 Å².